The molecule has 5 aliphatic rings. The van der Waals surface area contributed by atoms with Gasteiger partial charge in [-0.1, -0.05) is 73.5 Å². The van der Waals surface area contributed by atoms with Gasteiger partial charge in [-0.05, 0) is 102 Å². The van der Waals surface area contributed by atoms with Crippen molar-refractivity contribution >= 4 is 0 Å². The molecule has 0 bridgehead atoms. The van der Waals surface area contributed by atoms with Crippen LogP contribution in [0, 0.1) is 56.7 Å². The number of hydrogen-bond acceptors (Lipinski definition) is 1. The Kier molecular flexibility index (Phi) is 4.82. The molecule has 176 valence electrons. The lowest BCUT2D eigenvalue weighted by Crippen LogP contribution is -2.67. The van der Waals surface area contributed by atoms with Crippen LogP contribution >= 0.6 is 0 Å². The summed E-state index contributed by atoms with van der Waals surface area (Å²) in [4.78, 5) is 0. The second-order valence-corrected chi connectivity index (χ2v) is 14.8. The first kappa shape index (κ1) is 22.5. The lowest BCUT2D eigenvalue weighted by molar-refractivity contribution is -0.237. The first-order chi connectivity index (χ1) is 14.3. The summed E-state index contributed by atoms with van der Waals surface area (Å²) in [5.74, 6) is 3.36. The maximum absolute atomic E-state index is 11.9. The highest BCUT2D eigenvalue weighted by Crippen LogP contribution is 2.76. The monoisotopic (exact) mass is 426 g/mol. The van der Waals surface area contributed by atoms with E-state index >= 15 is 0 Å². The Morgan fingerprint density at radius 1 is 0.871 bits per heavy atom. The summed E-state index contributed by atoms with van der Waals surface area (Å²) in [7, 11) is 0. The van der Waals surface area contributed by atoms with Gasteiger partial charge in [-0.25, -0.2) is 0 Å². The standard InChI is InChI=1S/C30H50O/c1-19(2)20-10-11-21-25-22(31)18-24-28(6)14-9-13-26(3,4)23(28)12-15-29(24,7)30(25,8)17-16-27(20,21)5/h11,19-20,22-25,31H,9-10,12-18H2,1-8H3/t20-,22+,23+,24-,25+,27-,28+,29-,30-/m1/s1. The van der Waals surface area contributed by atoms with Gasteiger partial charge >= 0.3 is 0 Å². The van der Waals surface area contributed by atoms with Gasteiger partial charge in [-0.2, -0.15) is 0 Å². The Bertz CT molecular complexity index is 777. The molecular formula is C30H50O. The molecule has 5 rings (SSSR count). The quantitative estimate of drug-likeness (QED) is 0.421. The number of rotatable bonds is 1. The summed E-state index contributed by atoms with van der Waals surface area (Å²) in [6, 6.07) is 0. The molecular weight excluding hydrogens is 376 g/mol. The number of allylic oxidation sites excluding steroid dienone is 1. The largest absolute Gasteiger partial charge is 0.392 e. The van der Waals surface area contributed by atoms with Crippen LogP contribution in [0.2, 0.25) is 0 Å². The molecule has 0 heterocycles. The molecule has 1 N–H and O–H groups in total. The molecule has 0 saturated heterocycles. The van der Waals surface area contributed by atoms with E-state index in [-0.39, 0.29) is 11.5 Å². The Balaban J connectivity index is 1.57. The van der Waals surface area contributed by atoms with Crippen LogP contribution in [0.5, 0.6) is 0 Å². The maximum Gasteiger partial charge on any atom is 0.0614 e. The molecule has 0 aliphatic heterocycles. The van der Waals surface area contributed by atoms with E-state index in [0.717, 1.165) is 24.2 Å². The van der Waals surface area contributed by atoms with Crippen molar-refractivity contribution in [1.82, 2.24) is 0 Å². The molecule has 4 saturated carbocycles. The number of fused-ring (bicyclic) bond motifs is 7. The van der Waals surface area contributed by atoms with Crippen LogP contribution < -0.4 is 0 Å². The van der Waals surface area contributed by atoms with Crippen LogP contribution in [-0.4, -0.2) is 11.2 Å². The highest BCUT2D eigenvalue weighted by molar-refractivity contribution is 5.34. The fraction of sp³-hybridized carbons (Fsp3) is 0.933. The Labute approximate surface area is 192 Å². The summed E-state index contributed by atoms with van der Waals surface area (Å²) in [6.45, 7) is 20.4. The van der Waals surface area contributed by atoms with Gasteiger partial charge in [-0.15, -0.1) is 0 Å². The minimum Gasteiger partial charge on any atom is -0.392 e. The highest BCUT2D eigenvalue weighted by Gasteiger charge is 2.70. The molecule has 4 fully saturated rings. The van der Waals surface area contributed by atoms with Crippen molar-refractivity contribution in [2.75, 3.05) is 0 Å². The number of aliphatic hydroxyl groups is 1. The van der Waals surface area contributed by atoms with Gasteiger partial charge in [0, 0.05) is 5.92 Å². The molecule has 1 nitrogen and oxygen atoms in total. The fourth-order valence-corrected chi connectivity index (χ4v) is 11.3. The van der Waals surface area contributed by atoms with E-state index in [1.807, 2.05) is 0 Å². The smallest absolute Gasteiger partial charge is 0.0614 e. The zero-order valence-corrected chi connectivity index (χ0v) is 21.9. The lowest BCUT2D eigenvalue weighted by Gasteiger charge is -2.72. The zero-order valence-electron chi connectivity index (χ0n) is 21.9. The molecule has 9 atom stereocenters. The van der Waals surface area contributed by atoms with E-state index < -0.39 is 0 Å². The molecule has 0 aromatic rings. The molecule has 1 heteroatoms. The molecule has 0 aromatic carbocycles. The van der Waals surface area contributed by atoms with Crippen molar-refractivity contribution in [2.45, 2.75) is 119 Å². The Morgan fingerprint density at radius 3 is 2.26 bits per heavy atom. The summed E-state index contributed by atoms with van der Waals surface area (Å²) in [5.41, 5.74) is 3.44. The van der Waals surface area contributed by atoms with Crippen molar-refractivity contribution in [1.29, 1.82) is 0 Å². The van der Waals surface area contributed by atoms with Crippen molar-refractivity contribution < 1.29 is 5.11 Å². The lowest BCUT2D eigenvalue weighted by atomic mass is 9.32. The van der Waals surface area contributed by atoms with Crippen molar-refractivity contribution in [2.24, 2.45) is 56.7 Å². The van der Waals surface area contributed by atoms with Crippen LogP contribution in [0.1, 0.15) is 113 Å². The zero-order chi connectivity index (χ0) is 22.6. The summed E-state index contributed by atoms with van der Waals surface area (Å²) in [5, 5.41) is 11.9. The number of aliphatic hydroxyl groups excluding tert-OH is 1. The van der Waals surface area contributed by atoms with E-state index in [4.69, 9.17) is 0 Å². The van der Waals surface area contributed by atoms with Crippen molar-refractivity contribution in [3.05, 3.63) is 11.6 Å². The van der Waals surface area contributed by atoms with Crippen molar-refractivity contribution in [3.8, 4) is 0 Å². The Morgan fingerprint density at radius 2 is 1.58 bits per heavy atom. The second kappa shape index (κ2) is 6.64. The molecule has 5 aliphatic carbocycles. The third kappa shape index (κ3) is 2.65. The minimum atomic E-state index is -0.152. The second-order valence-electron chi connectivity index (χ2n) is 14.8. The van der Waals surface area contributed by atoms with Crippen LogP contribution in [0.15, 0.2) is 11.6 Å². The predicted molar refractivity (Wildman–Crippen MR) is 131 cm³/mol. The highest BCUT2D eigenvalue weighted by atomic mass is 16.3. The van der Waals surface area contributed by atoms with E-state index in [0.29, 0.717) is 33.5 Å². The average molecular weight is 427 g/mol. The van der Waals surface area contributed by atoms with E-state index in [2.05, 4.69) is 61.5 Å². The first-order valence-electron chi connectivity index (χ1n) is 13.7. The maximum atomic E-state index is 11.9. The third-order valence-corrected chi connectivity index (χ3v) is 13.0. The summed E-state index contributed by atoms with van der Waals surface area (Å²) < 4.78 is 0. The van der Waals surface area contributed by atoms with Gasteiger partial charge in [0.25, 0.3) is 0 Å². The Hall–Kier alpha value is -0.300. The van der Waals surface area contributed by atoms with Gasteiger partial charge in [0.1, 0.15) is 0 Å². The third-order valence-electron chi connectivity index (χ3n) is 13.0. The van der Waals surface area contributed by atoms with Gasteiger partial charge < -0.3 is 5.11 Å². The van der Waals surface area contributed by atoms with E-state index in [1.54, 1.807) is 5.57 Å². The average Bonchev–Trinajstić information content (AvgIpc) is 3.00. The van der Waals surface area contributed by atoms with Gasteiger partial charge in [0.15, 0.2) is 0 Å². The molecule has 31 heavy (non-hydrogen) atoms. The molecule has 0 spiro atoms. The minimum absolute atomic E-state index is 0.152. The first-order valence-corrected chi connectivity index (χ1v) is 13.7. The van der Waals surface area contributed by atoms with Crippen LogP contribution in [0.3, 0.4) is 0 Å². The summed E-state index contributed by atoms with van der Waals surface area (Å²) in [6.07, 6.45) is 14.3. The SMILES string of the molecule is CC(C)[C@H]1CC=C2[C@H]3[C@@H](O)C[C@@H]4[C@@]5(C)CCCC(C)(C)[C@@H]5CC[C@@]4(C)[C@]3(C)CC[C@@]21C. The number of hydrogen-bond donors (Lipinski definition) is 1. The normalized spacial score (nSPS) is 55.7. The topological polar surface area (TPSA) is 20.2 Å². The van der Waals surface area contributed by atoms with E-state index in [9.17, 15) is 5.11 Å². The fourth-order valence-electron chi connectivity index (χ4n) is 11.3. The predicted octanol–water partition coefficient (Wildman–Crippen LogP) is 8.02. The molecule has 0 amide bonds. The van der Waals surface area contributed by atoms with Crippen LogP contribution in [0.4, 0.5) is 0 Å². The van der Waals surface area contributed by atoms with Gasteiger partial charge in [0.05, 0.1) is 6.10 Å². The van der Waals surface area contributed by atoms with Crippen LogP contribution in [-0.2, 0) is 0 Å². The molecule has 0 aromatic heterocycles. The summed E-state index contributed by atoms with van der Waals surface area (Å²) >= 11 is 0. The molecule has 0 unspecified atom stereocenters. The van der Waals surface area contributed by atoms with E-state index in [1.165, 1.54) is 51.4 Å². The van der Waals surface area contributed by atoms with Crippen molar-refractivity contribution in [3.63, 3.8) is 0 Å². The molecule has 0 radical (unpaired) electrons. The van der Waals surface area contributed by atoms with Gasteiger partial charge in [0.2, 0.25) is 0 Å². The van der Waals surface area contributed by atoms with Gasteiger partial charge in [-0.3, -0.25) is 0 Å². The van der Waals surface area contributed by atoms with Crippen LogP contribution in [0.25, 0.3) is 0 Å².